The van der Waals surface area contributed by atoms with Gasteiger partial charge in [0.2, 0.25) is 0 Å². The molecule has 1 amide bonds. The molecular formula is C13H27N3O2. The van der Waals surface area contributed by atoms with Crippen LogP contribution in [0.3, 0.4) is 0 Å². The lowest BCUT2D eigenvalue weighted by molar-refractivity contribution is 0.0292. The van der Waals surface area contributed by atoms with Crippen LogP contribution in [0.5, 0.6) is 0 Å². The lowest BCUT2D eigenvalue weighted by Crippen LogP contribution is -2.44. The number of nitrogens with one attached hydrogen (secondary N) is 1. The number of hydrogen-bond donors (Lipinski definition) is 1. The molecule has 1 aliphatic rings. The maximum Gasteiger partial charge on any atom is 0.410 e. The Balaban J connectivity index is 2.15. The summed E-state index contributed by atoms with van der Waals surface area (Å²) in [5, 5.41) is 3.33. The Morgan fingerprint density at radius 1 is 1.33 bits per heavy atom. The molecular weight excluding hydrogens is 230 g/mol. The van der Waals surface area contributed by atoms with Crippen molar-refractivity contribution in [3.8, 4) is 0 Å². The van der Waals surface area contributed by atoms with Gasteiger partial charge in [-0.05, 0) is 33.7 Å². The zero-order chi connectivity index (χ0) is 13.6. The molecule has 1 N–H and O–H groups in total. The van der Waals surface area contributed by atoms with E-state index in [-0.39, 0.29) is 6.09 Å². The molecule has 5 nitrogen and oxygen atoms in total. The molecule has 1 saturated heterocycles. The Morgan fingerprint density at radius 3 is 2.50 bits per heavy atom. The summed E-state index contributed by atoms with van der Waals surface area (Å²) in [6, 6.07) is 0. The van der Waals surface area contributed by atoms with Crippen molar-refractivity contribution >= 4 is 6.09 Å². The molecule has 0 bridgehead atoms. The van der Waals surface area contributed by atoms with Gasteiger partial charge in [-0.3, -0.25) is 0 Å². The van der Waals surface area contributed by atoms with Crippen LogP contribution in [0, 0.1) is 0 Å². The number of amides is 1. The fourth-order valence-corrected chi connectivity index (χ4v) is 1.90. The molecule has 106 valence electrons. The minimum Gasteiger partial charge on any atom is -0.444 e. The summed E-state index contributed by atoms with van der Waals surface area (Å²) >= 11 is 0. The first-order chi connectivity index (χ1) is 8.38. The molecule has 0 aliphatic carbocycles. The van der Waals surface area contributed by atoms with E-state index in [4.69, 9.17) is 4.74 Å². The van der Waals surface area contributed by atoms with E-state index in [1.807, 2.05) is 20.8 Å². The quantitative estimate of drug-likeness (QED) is 0.820. The summed E-state index contributed by atoms with van der Waals surface area (Å²) in [6.45, 7) is 11.8. The Labute approximate surface area is 110 Å². The highest BCUT2D eigenvalue weighted by Crippen LogP contribution is 2.09. The molecule has 0 aromatic rings. The number of hydrogen-bond acceptors (Lipinski definition) is 4. The van der Waals surface area contributed by atoms with Gasteiger partial charge in [0.05, 0.1) is 0 Å². The topological polar surface area (TPSA) is 44.8 Å². The Bertz CT molecular complexity index is 257. The van der Waals surface area contributed by atoms with Crippen LogP contribution < -0.4 is 5.32 Å². The second-order valence-corrected chi connectivity index (χ2v) is 5.85. The largest absolute Gasteiger partial charge is 0.444 e. The van der Waals surface area contributed by atoms with Gasteiger partial charge < -0.3 is 19.9 Å². The van der Waals surface area contributed by atoms with Crippen molar-refractivity contribution in [3.63, 3.8) is 0 Å². The Morgan fingerprint density at radius 2 is 1.94 bits per heavy atom. The molecule has 5 heteroatoms. The third-order valence-corrected chi connectivity index (χ3v) is 2.88. The third kappa shape index (κ3) is 6.21. The van der Waals surface area contributed by atoms with E-state index >= 15 is 0 Å². The molecule has 0 unspecified atom stereocenters. The van der Waals surface area contributed by atoms with Crippen molar-refractivity contribution in [2.75, 3.05) is 46.3 Å². The average Bonchev–Trinajstić information content (AvgIpc) is 2.28. The zero-order valence-corrected chi connectivity index (χ0v) is 12.2. The number of rotatable bonds is 4. The molecule has 1 aliphatic heterocycles. The SMILES string of the molecule is CN(CCCN1CCNCC1)C(=O)OC(C)(C)C. The van der Waals surface area contributed by atoms with E-state index < -0.39 is 5.60 Å². The molecule has 1 rings (SSSR count). The highest BCUT2D eigenvalue weighted by molar-refractivity contribution is 5.67. The first-order valence-electron chi connectivity index (χ1n) is 6.76. The first kappa shape index (κ1) is 15.2. The minimum atomic E-state index is -0.413. The molecule has 0 saturated carbocycles. The first-order valence-corrected chi connectivity index (χ1v) is 6.76. The molecule has 0 radical (unpaired) electrons. The summed E-state index contributed by atoms with van der Waals surface area (Å²) in [5.74, 6) is 0. The van der Waals surface area contributed by atoms with Gasteiger partial charge in [-0.2, -0.15) is 0 Å². The zero-order valence-electron chi connectivity index (χ0n) is 12.2. The average molecular weight is 257 g/mol. The second kappa shape index (κ2) is 6.95. The third-order valence-electron chi connectivity index (χ3n) is 2.88. The van der Waals surface area contributed by atoms with Crippen molar-refractivity contribution < 1.29 is 9.53 Å². The molecule has 0 atom stereocenters. The fourth-order valence-electron chi connectivity index (χ4n) is 1.90. The molecule has 0 aromatic carbocycles. The van der Waals surface area contributed by atoms with E-state index in [9.17, 15) is 4.79 Å². The molecule has 0 aromatic heterocycles. The van der Waals surface area contributed by atoms with Crippen LogP contribution in [0.25, 0.3) is 0 Å². The Kier molecular flexibility index (Phi) is 5.88. The van der Waals surface area contributed by atoms with Gasteiger partial charge in [-0.1, -0.05) is 0 Å². The summed E-state index contributed by atoms with van der Waals surface area (Å²) in [6.07, 6.45) is 0.762. The van der Waals surface area contributed by atoms with E-state index in [2.05, 4.69) is 10.2 Å². The lowest BCUT2D eigenvalue weighted by atomic mass is 10.2. The fraction of sp³-hybridized carbons (Fsp3) is 0.923. The predicted octanol–water partition coefficient (Wildman–Crippen LogP) is 1.15. The number of nitrogens with zero attached hydrogens (tertiary/aromatic N) is 2. The molecule has 18 heavy (non-hydrogen) atoms. The van der Waals surface area contributed by atoms with E-state index in [0.29, 0.717) is 0 Å². The van der Waals surface area contributed by atoms with Gasteiger partial charge in [0.25, 0.3) is 0 Å². The second-order valence-electron chi connectivity index (χ2n) is 5.85. The van der Waals surface area contributed by atoms with E-state index in [0.717, 1.165) is 45.7 Å². The van der Waals surface area contributed by atoms with Crippen molar-refractivity contribution in [1.29, 1.82) is 0 Å². The molecule has 1 heterocycles. The highest BCUT2D eigenvalue weighted by atomic mass is 16.6. The summed E-state index contributed by atoms with van der Waals surface area (Å²) in [5.41, 5.74) is -0.413. The van der Waals surface area contributed by atoms with Gasteiger partial charge in [0.1, 0.15) is 5.60 Å². The summed E-state index contributed by atoms with van der Waals surface area (Å²) < 4.78 is 5.31. The van der Waals surface area contributed by atoms with Crippen LogP contribution in [0.15, 0.2) is 0 Å². The number of ether oxygens (including phenoxy) is 1. The number of carbonyl (C=O) groups excluding carboxylic acids is 1. The van der Waals surface area contributed by atoms with Crippen LogP contribution in [0.2, 0.25) is 0 Å². The number of piperazine rings is 1. The van der Waals surface area contributed by atoms with Crippen molar-refractivity contribution in [3.05, 3.63) is 0 Å². The van der Waals surface area contributed by atoms with E-state index in [1.165, 1.54) is 0 Å². The summed E-state index contributed by atoms with van der Waals surface area (Å²) in [4.78, 5) is 15.8. The van der Waals surface area contributed by atoms with Crippen LogP contribution in [0.1, 0.15) is 27.2 Å². The normalized spacial score (nSPS) is 17.6. The Hall–Kier alpha value is -0.810. The maximum absolute atomic E-state index is 11.7. The van der Waals surface area contributed by atoms with E-state index in [1.54, 1.807) is 11.9 Å². The smallest absolute Gasteiger partial charge is 0.410 e. The minimum absolute atomic E-state index is 0.234. The van der Waals surface area contributed by atoms with Crippen molar-refractivity contribution in [2.24, 2.45) is 0 Å². The van der Waals surface area contributed by atoms with Crippen molar-refractivity contribution in [1.82, 2.24) is 15.1 Å². The summed E-state index contributed by atoms with van der Waals surface area (Å²) in [7, 11) is 1.80. The van der Waals surface area contributed by atoms with Gasteiger partial charge >= 0.3 is 6.09 Å². The van der Waals surface area contributed by atoms with Gasteiger partial charge in [0, 0.05) is 39.8 Å². The van der Waals surface area contributed by atoms with Crippen LogP contribution >= 0.6 is 0 Å². The number of carbonyl (C=O) groups is 1. The highest BCUT2D eigenvalue weighted by Gasteiger charge is 2.19. The van der Waals surface area contributed by atoms with Gasteiger partial charge in [-0.25, -0.2) is 4.79 Å². The molecule has 0 spiro atoms. The standard InChI is InChI=1S/C13H27N3O2/c1-13(2,3)18-12(17)15(4)8-5-9-16-10-6-14-7-11-16/h14H,5-11H2,1-4H3. The monoisotopic (exact) mass is 257 g/mol. The van der Waals surface area contributed by atoms with Gasteiger partial charge in [-0.15, -0.1) is 0 Å². The molecule has 1 fully saturated rings. The van der Waals surface area contributed by atoms with Crippen LogP contribution in [-0.2, 0) is 4.74 Å². The van der Waals surface area contributed by atoms with Crippen LogP contribution in [0.4, 0.5) is 4.79 Å². The van der Waals surface area contributed by atoms with Gasteiger partial charge in [0.15, 0.2) is 0 Å². The maximum atomic E-state index is 11.7. The predicted molar refractivity (Wildman–Crippen MR) is 72.8 cm³/mol. The van der Waals surface area contributed by atoms with Crippen molar-refractivity contribution in [2.45, 2.75) is 32.8 Å². The lowest BCUT2D eigenvalue weighted by Gasteiger charge is -2.28. The van der Waals surface area contributed by atoms with Crippen LogP contribution in [-0.4, -0.2) is 67.8 Å².